The molecule has 0 N–H and O–H groups in total. The normalized spacial score (nSPS) is 12.0. The van der Waals surface area contributed by atoms with Crippen LogP contribution in [0.25, 0.3) is 21.9 Å². The lowest BCUT2D eigenvalue weighted by Gasteiger charge is -2.16. The van der Waals surface area contributed by atoms with E-state index in [-0.39, 0.29) is 10.6 Å². The Kier molecular flexibility index (Phi) is 4.81. The number of likely N-dealkylation sites (N-methyl/N-ethyl adjacent to an activating group) is 1. The van der Waals surface area contributed by atoms with E-state index in [1.165, 1.54) is 7.05 Å². The third-order valence-electron chi connectivity index (χ3n) is 4.45. The van der Waals surface area contributed by atoms with Gasteiger partial charge in [-0.25, -0.2) is 12.8 Å². The van der Waals surface area contributed by atoms with Crippen LogP contribution in [0.4, 0.5) is 4.39 Å². The molecule has 8 heteroatoms. The fourth-order valence-corrected chi connectivity index (χ4v) is 4.10. The maximum absolute atomic E-state index is 13.0. The van der Waals surface area contributed by atoms with Gasteiger partial charge in [0, 0.05) is 17.8 Å². The van der Waals surface area contributed by atoms with Crippen molar-refractivity contribution >= 4 is 37.9 Å². The van der Waals surface area contributed by atoms with Crippen LogP contribution < -0.4 is 4.74 Å². The molecular weight excluding hydrogens is 397 g/mol. The molecule has 0 spiro atoms. The molecule has 0 atom stereocenters. The summed E-state index contributed by atoms with van der Waals surface area (Å²) in [5.41, 5.74) is 1.37. The van der Waals surface area contributed by atoms with Crippen LogP contribution >= 0.6 is 0 Å². The minimum atomic E-state index is -3.95. The maximum atomic E-state index is 13.0. The summed E-state index contributed by atoms with van der Waals surface area (Å²) in [6.07, 6.45) is 0. The lowest BCUT2D eigenvalue weighted by atomic mass is 10.1. The Hall–Kier alpha value is -3.23. The number of nitrogens with zero attached hydrogens (tertiary/aromatic N) is 1. The molecule has 0 aliphatic rings. The molecule has 0 amide bonds. The number of esters is 1. The van der Waals surface area contributed by atoms with Crippen molar-refractivity contribution in [1.82, 2.24) is 4.31 Å². The Balaban J connectivity index is 1.52. The van der Waals surface area contributed by atoms with Gasteiger partial charge in [0.15, 0.2) is 0 Å². The number of rotatable bonds is 5. The van der Waals surface area contributed by atoms with Gasteiger partial charge >= 0.3 is 5.97 Å². The predicted octanol–water partition coefficient (Wildman–Crippen LogP) is 3.95. The molecule has 0 saturated heterocycles. The lowest BCUT2D eigenvalue weighted by molar-refractivity contribution is -0.134. The van der Waals surface area contributed by atoms with Crippen molar-refractivity contribution in [2.24, 2.45) is 0 Å². The van der Waals surface area contributed by atoms with Crippen LogP contribution in [0.1, 0.15) is 0 Å². The van der Waals surface area contributed by atoms with E-state index in [0.29, 0.717) is 5.58 Å². The number of fused-ring (bicyclic) bond motifs is 3. The Labute approximate surface area is 166 Å². The molecule has 0 radical (unpaired) electrons. The molecule has 0 aliphatic heterocycles. The Morgan fingerprint density at radius 1 is 1.00 bits per heavy atom. The molecule has 1 heterocycles. The third kappa shape index (κ3) is 3.72. The van der Waals surface area contributed by atoms with Crippen LogP contribution in [0.15, 0.2) is 76.0 Å². The number of benzene rings is 3. The molecule has 29 heavy (non-hydrogen) atoms. The minimum absolute atomic E-state index is 0.111. The second kappa shape index (κ2) is 7.31. The second-order valence-electron chi connectivity index (χ2n) is 6.45. The Morgan fingerprint density at radius 2 is 1.69 bits per heavy atom. The number of para-hydroxylation sites is 1. The summed E-state index contributed by atoms with van der Waals surface area (Å²) in [5, 5.41) is 1.68. The number of hydrogen-bond donors (Lipinski definition) is 0. The zero-order chi connectivity index (χ0) is 20.6. The van der Waals surface area contributed by atoms with Gasteiger partial charge in [-0.15, -0.1) is 0 Å². The molecule has 6 nitrogen and oxygen atoms in total. The quantitative estimate of drug-likeness (QED) is 0.366. The van der Waals surface area contributed by atoms with Crippen molar-refractivity contribution in [3.8, 4) is 5.75 Å². The highest BCUT2D eigenvalue weighted by atomic mass is 32.2. The first-order chi connectivity index (χ1) is 13.8. The first-order valence-corrected chi connectivity index (χ1v) is 10.1. The van der Waals surface area contributed by atoms with Crippen molar-refractivity contribution in [1.29, 1.82) is 0 Å². The van der Waals surface area contributed by atoms with E-state index in [0.717, 1.165) is 44.9 Å². The van der Waals surface area contributed by atoms with Gasteiger partial charge in [0.25, 0.3) is 0 Å². The van der Waals surface area contributed by atoms with E-state index in [1.807, 2.05) is 24.3 Å². The highest BCUT2D eigenvalue weighted by molar-refractivity contribution is 7.89. The van der Waals surface area contributed by atoms with E-state index in [9.17, 15) is 17.6 Å². The number of furan rings is 1. The number of ether oxygens (including phenoxy) is 1. The summed E-state index contributed by atoms with van der Waals surface area (Å²) in [4.78, 5) is 12.2. The lowest BCUT2D eigenvalue weighted by Crippen LogP contribution is -2.34. The fourth-order valence-electron chi connectivity index (χ4n) is 2.99. The van der Waals surface area contributed by atoms with Gasteiger partial charge < -0.3 is 9.15 Å². The summed E-state index contributed by atoms with van der Waals surface area (Å²) in [7, 11) is -2.69. The predicted molar refractivity (Wildman–Crippen MR) is 106 cm³/mol. The zero-order valence-corrected chi connectivity index (χ0v) is 16.1. The standard InChI is InChI=1S/C21H16FNO5S/c1-23(29(25,26)16-9-6-14(22)7-10-16)13-21(24)27-15-8-11-20-18(12-15)17-4-2-3-5-19(17)28-20/h2-12H,13H2,1H3. The van der Waals surface area contributed by atoms with Gasteiger partial charge in [0.2, 0.25) is 10.0 Å². The summed E-state index contributed by atoms with van der Waals surface area (Å²) >= 11 is 0. The average molecular weight is 413 g/mol. The molecular formula is C21H16FNO5S. The van der Waals surface area contributed by atoms with Crippen LogP contribution in [-0.2, 0) is 14.8 Å². The van der Waals surface area contributed by atoms with Crippen molar-refractivity contribution in [3.63, 3.8) is 0 Å². The molecule has 148 valence electrons. The monoisotopic (exact) mass is 413 g/mol. The number of halogens is 1. The molecule has 0 saturated carbocycles. The van der Waals surface area contributed by atoms with Crippen LogP contribution in [0, 0.1) is 5.82 Å². The molecule has 0 unspecified atom stereocenters. The third-order valence-corrected chi connectivity index (χ3v) is 6.27. The van der Waals surface area contributed by atoms with Crippen LogP contribution in [-0.4, -0.2) is 32.3 Å². The molecule has 4 aromatic rings. The second-order valence-corrected chi connectivity index (χ2v) is 8.49. The van der Waals surface area contributed by atoms with Crippen molar-refractivity contribution in [3.05, 3.63) is 72.5 Å². The van der Waals surface area contributed by atoms with Gasteiger partial charge in [0.05, 0.1) is 4.90 Å². The number of sulfonamides is 1. The van der Waals surface area contributed by atoms with Gasteiger partial charge in [-0.2, -0.15) is 4.31 Å². The SMILES string of the molecule is CN(CC(=O)Oc1ccc2oc3ccccc3c2c1)S(=O)(=O)c1ccc(F)cc1. The van der Waals surface area contributed by atoms with Crippen molar-refractivity contribution in [2.75, 3.05) is 13.6 Å². The first-order valence-electron chi connectivity index (χ1n) is 8.68. The van der Waals surface area contributed by atoms with Gasteiger partial charge in [0.1, 0.15) is 29.3 Å². The van der Waals surface area contributed by atoms with Gasteiger partial charge in [-0.05, 0) is 48.5 Å². The number of carbonyl (C=O) groups excluding carboxylic acids is 1. The molecule has 0 fully saturated rings. The number of hydrogen-bond acceptors (Lipinski definition) is 5. The smallest absolute Gasteiger partial charge is 0.326 e. The minimum Gasteiger partial charge on any atom is -0.456 e. The van der Waals surface area contributed by atoms with E-state index in [1.54, 1.807) is 18.2 Å². The highest BCUT2D eigenvalue weighted by Gasteiger charge is 2.24. The molecule has 0 aliphatic carbocycles. The summed E-state index contributed by atoms with van der Waals surface area (Å²) in [6.45, 7) is -0.496. The molecule has 3 aromatic carbocycles. The van der Waals surface area contributed by atoms with Crippen LogP contribution in [0.5, 0.6) is 5.75 Å². The fraction of sp³-hybridized carbons (Fsp3) is 0.0952. The van der Waals surface area contributed by atoms with E-state index in [4.69, 9.17) is 9.15 Å². The maximum Gasteiger partial charge on any atom is 0.326 e. The molecule has 4 rings (SSSR count). The van der Waals surface area contributed by atoms with Crippen molar-refractivity contribution in [2.45, 2.75) is 4.90 Å². The van der Waals surface area contributed by atoms with E-state index < -0.39 is 28.4 Å². The first kappa shape index (κ1) is 19.1. The Bertz CT molecular complexity index is 1310. The van der Waals surface area contributed by atoms with E-state index in [2.05, 4.69) is 0 Å². The Morgan fingerprint density at radius 3 is 2.45 bits per heavy atom. The number of carbonyl (C=O) groups is 1. The average Bonchev–Trinajstić information content (AvgIpc) is 3.06. The zero-order valence-electron chi connectivity index (χ0n) is 15.3. The highest BCUT2D eigenvalue weighted by Crippen LogP contribution is 2.31. The topological polar surface area (TPSA) is 76.8 Å². The largest absolute Gasteiger partial charge is 0.456 e. The summed E-state index contributed by atoms with van der Waals surface area (Å²) in [5.74, 6) is -1.01. The van der Waals surface area contributed by atoms with Crippen molar-refractivity contribution < 1.29 is 26.8 Å². The van der Waals surface area contributed by atoms with Gasteiger partial charge in [-0.3, -0.25) is 4.79 Å². The molecule has 0 bridgehead atoms. The van der Waals surface area contributed by atoms with E-state index >= 15 is 0 Å². The van der Waals surface area contributed by atoms with Crippen LogP contribution in [0.3, 0.4) is 0 Å². The summed E-state index contributed by atoms with van der Waals surface area (Å²) in [6, 6.07) is 16.8. The molecule has 1 aromatic heterocycles. The van der Waals surface area contributed by atoms with Crippen LogP contribution in [0.2, 0.25) is 0 Å². The van der Waals surface area contributed by atoms with Gasteiger partial charge in [-0.1, -0.05) is 18.2 Å². The summed E-state index contributed by atoms with van der Waals surface area (Å²) < 4.78 is 49.9.